The quantitative estimate of drug-likeness (QED) is 0.505. The SMILES string of the molecule is CC(C)(C)c1nnc2ccc(N3CCC(c4nc5ccccc5s4)CC3)nn12. The number of thiazole rings is 1. The molecule has 28 heavy (non-hydrogen) atoms. The number of benzene rings is 1. The Morgan fingerprint density at radius 1 is 1.00 bits per heavy atom. The van der Waals surface area contributed by atoms with Gasteiger partial charge in [0.1, 0.15) is 5.82 Å². The first-order valence-electron chi connectivity index (χ1n) is 9.82. The van der Waals surface area contributed by atoms with Gasteiger partial charge in [-0.1, -0.05) is 32.9 Å². The molecule has 1 aromatic carbocycles. The average Bonchev–Trinajstić information content (AvgIpc) is 3.31. The maximum atomic E-state index is 4.87. The van der Waals surface area contributed by atoms with Gasteiger partial charge < -0.3 is 4.90 Å². The maximum absolute atomic E-state index is 4.87. The van der Waals surface area contributed by atoms with Gasteiger partial charge in [0.2, 0.25) is 0 Å². The van der Waals surface area contributed by atoms with Crippen molar-refractivity contribution in [2.24, 2.45) is 0 Å². The van der Waals surface area contributed by atoms with E-state index in [1.165, 1.54) is 9.71 Å². The smallest absolute Gasteiger partial charge is 0.178 e. The molecule has 0 spiro atoms. The van der Waals surface area contributed by atoms with Crippen LogP contribution in [0.2, 0.25) is 0 Å². The summed E-state index contributed by atoms with van der Waals surface area (Å²) in [4.78, 5) is 7.24. The number of para-hydroxylation sites is 1. The first-order chi connectivity index (χ1) is 13.5. The van der Waals surface area contributed by atoms with Crippen molar-refractivity contribution in [2.45, 2.75) is 44.9 Å². The van der Waals surface area contributed by atoms with E-state index in [1.807, 2.05) is 21.9 Å². The number of piperidine rings is 1. The molecule has 3 aromatic heterocycles. The van der Waals surface area contributed by atoms with E-state index in [4.69, 9.17) is 10.1 Å². The van der Waals surface area contributed by atoms with E-state index >= 15 is 0 Å². The molecule has 0 saturated carbocycles. The van der Waals surface area contributed by atoms with Gasteiger partial charge in [-0.15, -0.1) is 26.6 Å². The second-order valence-corrected chi connectivity index (χ2v) is 9.58. The molecule has 0 aliphatic carbocycles. The monoisotopic (exact) mass is 392 g/mol. The van der Waals surface area contributed by atoms with Gasteiger partial charge in [0.15, 0.2) is 11.5 Å². The molecule has 0 unspecified atom stereocenters. The van der Waals surface area contributed by atoms with E-state index in [2.05, 4.69) is 66.2 Å². The van der Waals surface area contributed by atoms with E-state index in [0.29, 0.717) is 5.92 Å². The number of hydrogen-bond donors (Lipinski definition) is 0. The van der Waals surface area contributed by atoms with Crippen molar-refractivity contribution in [2.75, 3.05) is 18.0 Å². The summed E-state index contributed by atoms with van der Waals surface area (Å²) >= 11 is 1.84. The van der Waals surface area contributed by atoms with Crippen LogP contribution in [0, 0.1) is 0 Å². The average molecular weight is 393 g/mol. The van der Waals surface area contributed by atoms with Gasteiger partial charge in [0.25, 0.3) is 0 Å². The van der Waals surface area contributed by atoms with Crippen molar-refractivity contribution in [3.05, 3.63) is 47.2 Å². The van der Waals surface area contributed by atoms with Crippen LogP contribution in [0.15, 0.2) is 36.4 Å². The largest absolute Gasteiger partial charge is 0.355 e. The Bertz CT molecular complexity index is 1100. The van der Waals surface area contributed by atoms with Crippen molar-refractivity contribution in [3.8, 4) is 0 Å². The summed E-state index contributed by atoms with van der Waals surface area (Å²) in [5.41, 5.74) is 1.84. The molecule has 0 amide bonds. The Morgan fingerprint density at radius 2 is 1.79 bits per heavy atom. The zero-order valence-corrected chi connectivity index (χ0v) is 17.3. The minimum Gasteiger partial charge on any atom is -0.355 e. The molecule has 7 heteroatoms. The van der Waals surface area contributed by atoms with Crippen molar-refractivity contribution in [3.63, 3.8) is 0 Å². The fourth-order valence-corrected chi connectivity index (χ4v) is 4.97. The number of rotatable bonds is 2. The molecule has 4 heterocycles. The summed E-state index contributed by atoms with van der Waals surface area (Å²) < 4.78 is 3.18. The highest BCUT2D eigenvalue weighted by molar-refractivity contribution is 7.18. The first-order valence-corrected chi connectivity index (χ1v) is 10.6. The Hall–Kier alpha value is -2.54. The lowest BCUT2D eigenvalue weighted by Gasteiger charge is -2.31. The van der Waals surface area contributed by atoms with Gasteiger partial charge in [-0.25, -0.2) is 4.98 Å². The summed E-state index contributed by atoms with van der Waals surface area (Å²) in [7, 11) is 0. The number of hydrogen-bond acceptors (Lipinski definition) is 6. The van der Waals surface area contributed by atoms with Crippen molar-refractivity contribution < 1.29 is 0 Å². The molecule has 1 saturated heterocycles. The van der Waals surface area contributed by atoms with Crippen LogP contribution in [0.25, 0.3) is 15.9 Å². The van der Waals surface area contributed by atoms with Crippen molar-refractivity contribution in [1.82, 2.24) is 24.8 Å². The van der Waals surface area contributed by atoms with Crippen LogP contribution < -0.4 is 4.90 Å². The first kappa shape index (κ1) is 17.6. The van der Waals surface area contributed by atoms with E-state index in [-0.39, 0.29) is 5.41 Å². The predicted molar refractivity (Wildman–Crippen MR) is 113 cm³/mol. The fraction of sp³-hybridized carbons (Fsp3) is 0.429. The van der Waals surface area contributed by atoms with Crippen LogP contribution in [0.3, 0.4) is 0 Å². The third-order valence-corrected chi connectivity index (χ3v) is 6.60. The summed E-state index contributed by atoms with van der Waals surface area (Å²) in [6, 6.07) is 12.5. The van der Waals surface area contributed by atoms with Crippen LogP contribution in [0.4, 0.5) is 5.82 Å². The second kappa shape index (κ2) is 6.51. The minimum atomic E-state index is -0.0924. The molecule has 0 bridgehead atoms. The van der Waals surface area contributed by atoms with Crippen LogP contribution >= 0.6 is 11.3 Å². The van der Waals surface area contributed by atoms with Crippen LogP contribution in [-0.2, 0) is 5.41 Å². The number of anilines is 1. The molecular weight excluding hydrogens is 368 g/mol. The standard InChI is InChI=1S/C21H24N6S/c1-21(2,3)20-24-23-17-8-9-18(25-27(17)20)26-12-10-14(11-13-26)19-22-15-6-4-5-7-16(15)28-19/h4-9,14H,10-13H2,1-3H3. The Balaban J connectivity index is 1.36. The number of aromatic nitrogens is 5. The molecule has 5 rings (SSSR count). The topological polar surface area (TPSA) is 59.2 Å². The molecule has 6 nitrogen and oxygen atoms in total. The zero-order chi connectivity index (χ0) is 19.3. The Labute approximate surface area is 168 Å². The molecule has 0 atom stereocenters. The third-order valence-electron chi connectivity index (χ3n) is 5.40. The maximum Gasteiger partial charge on any atom is 0.178 e. The summed E-state index contributed by atoms with van der Waals surface area (Å²) in [5.74, 6) is 2.44. The fourth-order valence-electron chi connectivity index (χ4n) is 3.84. The predicted octanol–water partition coefficient (Wildman–Crippen LogP) is 4.42. The molecule has 144 valence electrons. The highest BCUT2D eigenvalue weighted by atomic mass is 32.1. The van der Waals surface area contributed by atoms with Gasteiger partial charge in [0, 0.05) is 24.4 Å². The van der Waals surface area contributed by atoms with Crippen LogP contribution in [-0.4, -0.2) is 37.9 Å². The van der Waals surface area contributed by atoms with E-state index in [1.54, 1.807) is 0 Å². The highest BCUT2D eigenvalue weighted by Crippen LogP contribution is 2.34. The van der Waals surface area contributed by atoms with E-state index in [0.717, 1.165) is 48.7 Å². The second-order valence-electron chi connectivity index (χ2n) is 8.52. The van der Waals surface area contributed by atoms with Crippen LogP contribution in [0.1, 0.15) is 50.4 Å². The summed E-state index contributed by atoms with van der Waals surface area (Å²) in [5, 5.41) is 14.8. The lowest BCUT2D eigenvalue weighted by atomic mass is 9.96. The molecule has 0 radical (unpaired) electrons. The van der Waals surface area contributed by atoms with Gasteiger partial charge >= 0.3 is 0 Å². The number of fused-ring (bicyclic) bond motifs is 2. The van der Waals surface area contributed by atoms with Crippen LogP contribution in [0.5, 0.6) is 0 Å². The highest BCUT2D eigenvalue weighted by Gasteiger charge is 2.26. The third kappa shape index (κ3) is 3.03. The summed E-state index contributed by atoms with van der Waals surface area (Å²) in [6.45, 7) is 8.40. The van der Waals surface area contributed by atoms with Gasteiger partial charge in [-0.3, -0.25) is 0 Å². The Morgan fingerprint density at radius 3 is 2.54 bits per heavy atom. The lowest BCUT2D eigenvalue weighted by molar-refractivity contribution is 0.496. The Kier molecular flexibility index (Phi) is 4.08. The van der Waals surface area contributed by atoms with Gasteiger partial charge in [-0.2, -0.15) is 4.52 Å². The van der Waals surface area contributed by atoms with Gasteiger partial charge in [0.05, 0.1) is 15.2 Å². The summed E-state index contributed by atoms with van der Waals surface area (Å²) in [6.07, 6.45) is 2.21. The van der Waals surface area contributed by atoms with Crippen molar-refractivity contribution >= 4 is 33.0 Å². The van der Waals surface area contributed by atoms with Gasteiger partial charge in [-0.05, 0) is 37.1 Å². The zero-order valence-electron chi connectivity index (χ0n) is 16.5. The molecule has 1 aliphatic rings. The molecular formula is C21H24N6S. The molecule has 0 N–H and O–H groups in total. The number of nitrogens with zero attached hydrogens (tertiary/aromatic N) is 6. The van der Waals surface area contributed by atoms with Crippen molar-refractivity contribution in [1.29, 1.82) is 0 Å². The lowest BCUT2D eigenvalue weighted by Crippen LogP contribution is -2.34. The molecule has 1 aliphatic heterocycles. The molecule has 1 fully saturated rings. The minimum absolute atomic E-state index is 0.0924. The van der Waals surface area contributed by atoms with E-state index in [9.17, 15) is 0 Å². The van der Waals surface area contributed by atoms with E-state index < -0.39 is 0 Å². The normalized spacial score (nSPS) is 16.3. The molecule has 4 aromatic rings.